The predicted molar refractivity (Wildman–Crippen MR) is 54.2 cm³/mol. The summed E-state index contributed by atoms with van der Waals surface area (Å²) >= 11 is 0. The van der Waals surface area contributed by atoms with Gasteiger partial charge in [-0.05, 0) is 24.3 Å². The van der Waals surface area contributed by atoms with Crippen molar-refractivity contribution < 1.29 is 18.4 Å². The van der Waals surface area contributed by atoms with Crippen molar-refractivity contribution in [3.63, 3.8) is 0 Å². The Bertz CT molecular complexity index is 283. The minimum absolute atomic E-state index is 0.750. The molecule has 0 saturated heterocycles. The van der Waals surface area contributed by atoms with Crippen molar-refractivity contribution in [2.75, 3.05) is 0 Å². The summed E-state index contributed by atoms with van der Waals surface area (Å²) in [6.07, 6.45) is 8.00. The maximum absolute atomic E-state index is 8.35. The first-order valence-electron chi connectivity index (χ1n) is 3.85. The van der Waals surface area contributed by atoms with E-state index in [1.807, 2.05) is 24.3 Å². The lowest BCUT2D eigenvalue weighted by Gasteiger charge is -1.50. The van der Waals surface area contributed by atoms with Crippen molar-refractivity contribution in [1.29, 1.82) is 10.8 Å². The Morgan fingerprint density at radius 3 is 0.938 bits per heavy atom. The highest BCUT2D eigenvalue weighted by Gasteiger charge is 1.59. The Kier molecular flexibility index (Phi) is 17.9. The van der Waals surface area contributed by atoms with Gasteiger partial charge in [0.1, 0.15) is 0 Å². The van der Waals surface area contributed by atoms with Crippen LogP contribution in [0.2, 0.25) is 0 Å². The molecule has 0 fully saturated rings. The van der Waals surface area contributed by atoms with Crippen molar-refractivity contribution in [3.8, 4) is 0 Å². The Balaban J connectivity index is 0. The van der Waals surface area contributed by atoms with Crippen molar-refractivity contribution in [3.05, 3.63) is 49.3 Å². The van der Waals surface area contributed by atoms with E-state index >= 15 is 0 Å². The lowest BCUT2D eigenvalue weighted by molar-refractivity contribution is 0.562. The summed E-state index contributed by atoms with van der Waals surface area (Å²) < 4.78 is 9.17. The van der Waals surface area contributed by atoms with Crippen LogP contribution in [0.3, 0.4) is 0 Å². The number of furan rings is 2. The maximum atomic E-state index is 8.35. The van der Waals surface area contributed by atoms with E-state index in [-0.39, 0.29) is 0 Å². The Morgan fingerprint density at radius 2 is 0.875 bits per heavy atom. The van der Waals surface area contributed by atoms with Gasteiger partial charge >= 0.3 is 0 Å². The first-order valence-corrected chi connectivity index (χ1v) is 3.85. The summed E-state index contributed by atoms with van der Waals surface area (Å²) in [4.78, 5) is 16.7. The number of isocyanates is 2. The van der Waals surface area contributed by atoms with Crippen molar-refractivity contribution in [2.24, 2.45) is 0 Å². The molecule has 6 heteroatoms. The van der Waals surface area contributed by atoms with Gasteiger partial charge in [-0.25, -0.2) is 20.4 Å². The van der Waals surface area contributed by atoms with Gasteiger partial charge in [-0.15, -0.1) is 0 Å². The topological polar surface area (TPSA) is 108 Å². The van der Waals surface area contributed by atoms with Crippen LogP contribution in [0, 0.1) is 10.8 Å². The first-order chi connectivity index (χ1) is 7.83. The molecular weight excluding hydrogens is 212 g/mol. The Hall–Kier alpha value is -2.68. The molecule has 0 unspecified atom stereocenters. The lowest BCUT2D eigenvalue weighted by Crippen LogP contribution is -1.16. The standard InChI is InChI=1S/2C4H4O.2CHNO/c2*1-2-4-5-3-1;2*2-1-3/h2*1-4H;2*2H. The third-order valence-electron chi connectivity index (χ3n) is 0.851. The number of hydrogen-bond acceptors (Lipinski definition) is 6. The molecule has 0 amide bonds. The molecule has 2 heterocycles. The van der Waals surface area contributed by atoms with Crippen molar-refractivity contribution >= 4 is 12.2 Å². The molecule has 2 rings (SSSR count). The molecule has 0 saturated carbocycles. The van der Waals surface area contributed by atoms with Gasteiger partial charge in [0.25, 0.3) is 0 Å². The van der Waals surface area contributed by atoms with E-state index < -0.39 is 0 Å². The maximum Gasteiger partial charge on any atom is 0.231 e. The molecular formula is C10H10N2O4. The third-order valence-corrected chi connectivity index (χ3v) is 0.851. The molecule has 0 aliphatic carbocycles. The minimum Gasteiger partial charge on any atom is -0.473 e. The van der Waals surface area contributed by atoms with Crippen LogP contribution in [-0.2, 0) is 9.59 Å². The van der Waals surface area contributed by atoms with Gasteiger partial charge in [-0.2, -0.15) is 0 Å². The second-order valence-corrected chi connectivity index (χ2v) is 1.79. The number of rotatable bonds is 0. The van der Waals surface area contributed by atoms with Gasteiger partial charge in [0.15, 0.2) is 0 Å². The van der Waals surface area contributed by atoms with Gasteiger partial charge in [0, 0.05) is 0 Å². The molecule has 0 bridgehead atoms. The summed E-state index contributed by atoms with van der Waals surface area (Å²) in [6.45, 7) is 0. The zero-order valence-corrected chi connectivity index (χ0v) is 8.25. The second kappa shape index (κ2) is 18.2. The molecule has 2 N–H and O–H groups in total. The van der Waals surface area contributed by atoms with E-state index in [2.05, 4.69) is 8.83 Å². The van der Waals surface area contributed by atoms with Crippen molar-refractivity contribution in [2.45, 2.75) is 0 Å². The smallest absolute Gasteiger partial charge is 0.231 e. The van der Waals surface area contributed by atoms with Gasteiger partial charge in [-0.1, -0.05) is 0 Å². The third kappa shape index (κ3) is 22.5. The molecule has 2 aromatic heterocycles. The fourth-order valence-corrected chi connectivity index (χ4v) is 0.454. The molecule has 0 aliphatic heterocycles. The molecule has 6 nitrogen and oxygen atoms in total. The van der Waals surface area contributed by atoms with Crippen LogP contribution in [-0.4, -0.2) is 12.2 Å². The lowest BCUT2D eigenvalue weighted by atomic mass is 10.7. The minimum atomic E-state index is 0.750. The highest BCUT2D eigenvalue weighted by molar-refractivity contribution is 5.26. The summed E-state index contributed by atoms with van der Waals surface area (Å²) in [5.74, 6) is 0. The fraction of sp³-hybridized carbons (Fsp3) is 0. The van der Waals surface area contributed by atoms with E-state index in [9.17, 15) is 0 Å². The Morgan fingerprint density at radius 1 is 0.688 bits per heavy atom. The van der Waals surface area contributed by atoms with Gasteiger partial charge in [0.05, 0.1) is 25.1 Å². The predicted octanol–water partition coefficient (Wildman–Crippen LogP) is 2.36. The molecule has 0 aliphatic rings. The normalized spacial score (nSPS) is 6.00. The molecule has 0 radical (unpaired) electrons. The van der Waals surface area contributed by atoms with Crippen LogP contribution >= 0.6 is 0 Å². The van der Waals surface area contributed by atoms with Crippen LogP contribution < -0.4 is 0 Å². The van der Waals surface area contributed by atoms with Gasteiger partial charge in [0.2, 0.25) is 12.2 Å². The molecule has 0 aromatic carbocycles. The molecule has 0 atom stereocenters. The average molecular weight is 222 g/mol. The van der Waals surface area contributed by atoms with Gasteiger partial charge in [-0.3, -0.25) is 0 Å². The quantitative estimate of drug-likeness (QED) is 0.526. The van der Waals surface area contributed by atoms with Gasteiger partial charge < -0.3 is 8.83 Å². The molecule has 0 spiro atoms. The van der Waals surface area contributed by atoms with E-state index in [0.717, 1.165) is 12.2 Å². The second-order valence-electron chi connectivity index (χ2n) is 1.79. The molecule has 84 valence electrons. The molecule has 2 aromatic rings. The van der Waals surface area contributed by atoms with Crippen LogP contribution in [0.1, 0.15) is 0 Å². The number of nitrogens with one attached hydrogen (secondary N) is 2. The van der Waals surface area contributed by atoms with E-state index in [1.165, 1.54) is 0 Å². The first kappa shape index (κ1) is 15.8. The summed E-state index contributed by atoms with van der Waals surface area (Å²) in [6, 6.07) is 7.33. The number of hydrogen-bond donors (Lipinski definition) is 2. The summed E-state index contributed by atoms with van der Waals surface area (Å²) in [5, 5.41) is 10.8. The monoisotopic (exact) mass is 222 g/mol. The van der Waals surface area contributed by atoms with Crippen LogP contribution in [0.15, 0.2) is 58.2 Å². The zero-order valence-electron chi connectivity index (χ0n) is 8.25. The largest absolute Gasteiger partial charge is 0.473 e. The van der Waals surface area contributed by atoms with Crippen LogP contribution in [0.25, 0.3) is 0 Å². The van der Waals surface area contributed by atoms with E-state index in [0.29, 0.717) is 0 Å². The van der Waals surface area contributed by atoms with Crippen LogP contribution in [0.4, 0.5) is 0 Å². The van der Waals surface area contributed by atoms with Crippen LogP contribution in [0.5, 0.6) is 0 Å². The Labute approximate surface area is 91.5 Å². The highest BCUT2D eigenvalue weighted by Crippen LogP contribution is 1.80. The van der Waals surface area contributed by atoms with E-state index in [4.69, 9.17) is 20.4 Å². The zero-order chi connectivity index (χ0) is 12.5. The number of carbonyl (C=O) groups excluding carboxylic acids is 2. The summed E-state index contributed by atoms with van der Waals surface area (Å²) in [7, 11) is 0. The SMILES string of the molecule is N=C=O.N=C=O.c1ccoc1.c1ccoc1. The fourth-order valence-electron chi connectivity index (χ4n) is 0.454. The average Bonchev–Trinajstić information content (AvgIpc) is 3.00. The summed E-state index contributed by atoms with van der Waals surface area (Å²) in [5.41, 5.74) is 0. The van der Waals surface area contributed by atoms with E-state index in [1.54, 1.807) is 25.1 Å². The highest BCUT2D eigenvalue weighted by atomic mass is 16.3. The van der Waals surface area contributed by atoms with Crippen molar-refractivity contribution in [1.82, 2.24) is 0 Å². The molecule has 16 heavy (non-hydrogen) atoms.